The highest BCUT2D eigenvalue weighted by atomic mass is 16.5. The van der Waals surface area contributed by atoms with Crippen molar-refractivity contribution in [1.29, 1.82) is 0 Å². The summed E-state index contributed by atoms with van der Waals surface area (Å²) in [5.41, 5.74) is 0.150. The maximum absolute atomic E-state index is 12.7. The van der Waals surface area contributed by atoms with Crippen molar-refractivity contribution in [2.24, 2.45) is 17.3 Å². The minimum Gasteiger partial charge on any atom is -0.378 e. The third-order valence-electron chi connectivity index (χ3n) is 5.24. The molecule has 1 aliphatic heterocycles. The summed E-state index contributed by atoms with van der Waals surface area (Å²) >= 11 is 0. The molecule has 0 aromatic rings. The summed E-state index contributed by atoms with van der Waals surface area (Å²) in [6.45, 7) is 15.6. The van der Waals surface area contributed by atoms with Crippen molar-refractivity contribution in [2.45, 2.75) is 79.8 Å². The minimum absolute atomic E-state index is 0.150. The molecule has 2 atom stereocenters. The van der Waals surface area contributed by atoms with Gasteiger partial charge in [0.15, 0.2) is 0 Å². The zero-order valence-corrected chi connectivity index (χ0v) is 15.7. The summed E-state index contributed by atoms with van der Waals surface area (Å²) in [6.07, 6.45) is 5.46. The summed E-state index contributed by atoms with van der Waals surface area (Å²) in [4.78, 5) is 14.7. The topological polar surface area (TPSA) is 29.5 Å². The number of hydrogen-bond donors (Lipinski definition) is 0. The molecule has 1 fully saturated rings. The number of ether oxygens (including phenoxy) is 1. The van der Waals surface area contributed by atoms with Crippen LogP contribution in [0.15, 0.2) is 0 Å². The van der Waals surface area contributed by atoms with Crippen molar-refractivity contribution in [3.05, 3.63) is 0 Å². The van der Waals surface area contributed by atoms with E-state index in [0.29, 0.717) is 30.3 Å². The Bertz CT molecular complexity index is 336. The Kier molecular flexibility index (Phi) is 7.88. The lowest BCUT2D eigenvalue weighted by Crippen LogP contribution is -2.42. The predicted molar refractivity (Wildman–Crippen MR) is 92.9 cm³/mol. The van der Waals surface area contributed by atoms with Gasteiger partial charge < -0.3 is 9.64 Å². The van der Waals surface area contributed by atoms with Gasteiger partial charge in [-0.15, -0.1) is 0 Å². The number of carbonyl (C=O) groups excluding carboxylic acids is 1. The van der Waals surface area contributed by atoms with Crippen molar-refractivity contribution in [2.75, 3.05) is 19.7 Å². The van der Waals surface area contributed by atoms with E-state index in [9.17, 15) is 4.79 Å². The van der Waals surface area contributed by atoms with E-state index in [4.69, 9.17) is 4.74 Å². The van der Waals surface area contributed by atoms with Crippen LogP contribution in [0.1, 0.15) is 73.6 Å². The molecule has 3 nitrogen and oxygen atoms in total. The lowest BCUT2D eigenvalue weighted by Gasteiger charge is -2.43. The van der Waals surface area contributed by atoms with Crippen LogP contribution in [0.5, 0.6) is 0 Å². The van der Waals surface area contributed by atoms with Crippen LogP contribution in [0.4, 0.5) is 0 Å². The Labute approximate surface area is 137 Å². The highest BCUT2D eigenvalue weighted by Gasteiger charge is 2.40. The quantitative estimate of drug-likeness (QED) is 0.660. The molecule has 0 aliphatic carbocycles. The van der Waals surface area contributed by atoms with Crippen molar-refractivity contribution >= 4 is 5.91 Å². The molecule has 1 heterocycles. The van der Waals surface area contributed by atoms with Gasteiger partial charge in [0, 0.05) is 26.1 Å². The summed E-state index contributed by atoms with van der Waals surface area (Å²) in [5, 5.41) is 0. The van der Waals surface area contributed by atoms with Crippen LogP contribution in [0, 0.1) is 17.3 Å². The molecular formula is C19H37NO2. The van der Waals surface area contributed by atoms with Gasteiger partial charge in [-0.25, -0.2) is 0 Å². The van der Waals surface area contributed by atoms with Gasteiger partial charge in [-0.1, -0.05) is 34.1 Å². The lowest BCUT2D eigenvalue weighted by molar-refractivity contribution is -0.138. The molecule has 0 N–H and O–H groups in total. The maximum atomic E-state index is 12.7. The molecule has 0 spiro atoms. The molecule has 1 rings (SSSR count). The number of rotatable bonds is 8. The van der Waals surface area contributed by atoms with E-state index in [0.717, 1.165) is 39.0 Å². The van der Waals surface area contributed by atoms with Crippen LogP contribution in [0.3, 0.4) is 0 Å². The average molecular weight is 312 g/mol. The van der Waals surface area contributed by atoms with Crippen LogP contribution in [0.25, 0.3) is 0 Å². The second kappa shape index (κ2) is 8.90. The van der Waals surface area contributed by atoms with Gasteiger partial charge in [0.05, 0.1) is 6.10 Å². The molecule has 3 heteroatoms. The van der Waals surface area contributed by atoms with Gasteiger partial charge in [0.1, 0.15) is 0 Å². The molecule has 0 unspecified atom stereocenters. The highest BCUT2D eigenvalue weighted by Crippen LogP contribution is 2.43. The molecule has 1 amide bonds. The van der Waals surface area contributed by atoms with Gasteiger partial charge in [-0.2, -0.15) is 0 Å². The lowest BCUT2D eigenvalue weighted by atomic mass is 9.69. The van der Waals surface area contributed by atoms with Crippen LogP contribution in [-0.4, -0.2) is 36.6 Å². The standard InChI is InChI=1S/C19H37NO2/c1-7-20(8-2)18(21)14-19(10-9-15(3)4)11-12-22-17(13-19)16(5)6/h15-17H,7-14H2,1-6H3/t17-,19+/m1/s1. The second-order valence-electron chi connectivity index (χ2n) is 7.78. The zero-order chi connectivity index (χ0) is 16.8. The SMILES string of the molecule is CCN(CC)C(=O)C[C@@]1(CCC(C)C)CCO[C@@H](C(C)C)C1. The van der Waals surface area contributed by atoms with E-state index in [1.54, 1.807) is 0 Å². The first kappa shape index (κ1) is 19.5. The largest absolute Gasteiger partial charge is 0.378 e. The molecule has 0 bridgehead atoms. The molecule has 130 valence electrons. The Morgan fingerprint density at radius 2 is 1.86 bits per heavy atom. The fourth-order valence-electron chi connectivity index (χ4n) is 3.52. The van der Waals surface area contributed by atoms with Gasteiger partial charge in [0.25, 0.3) is 0 Å². The van der Waals surface area contributed by atoms with Crippen molar-refractivity contribution in [1.82, 2.24) is 4.90 Å². The summed E-state index contributed by atoms with van der Waals surface area (Å²) < 4.78 is 5.97. The second-order valence-corrected chi connectivity index (χ2v) is 7.78. The van der Waals surface area contributed by atoms with E-state index in [1.165, 1.54) is 6.42 Å². The number of nitrogens with zero attached hydrogens (tertiary/aromatic N) is 1. The van der Waals surface area contributed by atoms with Gasteiger partial charge in [-0.05, 0) is 50.4 Å². The third kappa shape index (κ3) is 5.57. The van der Waals surface area contributed by atoms with Crippen molar-refractivity contribution in [3.8, 4) is 0 Å². The third-order valence-corrected chi connectivity index (χ3v) is 5.24. The van der Waals surface area contributed by atoms with E-state index in [2.05, 4.69) is 41.5 Å². The maximum Gasteiger partial charge on any atom is 0.223 e. The Balaban J connectivity index is 2.84. The van der Waals surface area contributed by atoms with Crippen LogP contribution in [0.2, 0.25) is 0 Å². The smallest absolute Gasteiger partial charge is 0.223 e. The van der Waals surface area contributed by atoms with Gasteiger partial charge in [0.2, 0.25) is 5.91 Å². The average Bonchev–Trinajstić information content (AvgIpc) is 2.46. The summed E-state index contributed by atoms with van der Waals surface area (Å²) in [7, 11) is 0. The molecule has 0 saturated carbocycles. The molecule has 0 radical (unpaired) electrons. The summed E-state index contributed by atoms with van der Waals surface area (Å²) in [5.74, 6) is 1.56. The summed E-state index contributed by atoms with van der Waals surface area (Å²) in [6, 6.07) is 0. The van der Waals surface area contributed by atoms with Crippen molar-refractivity contribution < 1.29 is 9.53 Å². The molecule has 1 saturated heterocycles. The minimum atomic E-state index is 0.150. The predicted octanol–water partition coefficient (Wildman–Crippen LogP) is 4.50. The number of carbonyl (C=O) groups is 1. The normalized spacial score (nSPS) is 25.7. The van der Waals surface area contributed by atoms with E-state index in [-0.39, 0.29) is 5.41 Å². The fraction of sp³-hybridized carbons (Fsp3) is 0.947. The van der Waals surface area contributed by atoms with Crippen LogP contribution < -0.4 is 0 Å². The Morgan fingerprint density at radius 1 is 1.23 bits per heavy atom. The number of amides is 1. The molecular weight excluding hydrogens is 274 g/mol. The first-order valence-corrected chi connectivity index (χ1v) is 9.23. The van der Waals surface area contributed by atoms with Crippen LogP contribution in [-0.2, 0) is 9.53 Å². The molecule has 22 heavy (non-hydrogen) atoms. The Morgan fingerprint density at radius 3 is 2.36 bits per heavy atom. The van der Waals surface area contributed by atoms with E-state index >= 15 is 0 Å². The van der Waals surface area contributed by atoms with E-state index < -0.39 is 0 Å². The highest BCUT2D eigenvalue weighted by molar-refractivity contribution is 5.76. The zero-order valence-electron chi connectivity index (χ0n) is 15.7. The van der Waals surface area contributed by atoms with Crippen molar-refractivity contribution in [3.63, 3.8) is 0 Å². The Hall–Kier alpha value is -0.570. The molecule has 1 aliphatic rings. The monoisotopic (exact) mass is 311 g/mol. The first-order chi connectivity index (χ1) is 10.3. The molecule has 0 aromatic carbocycles. The number of hydrogen-bond acceptors (Lipinski definition) is 2. The molecule has 0 aromatic heterocycles. The van der Waals surface area contributed by atoms with Gasteiger partial charge in [-0.3, -0.25) is 4.79 Å². The van der Waals surface area contributed by atoms with Crippen LogP contribution >= 0.6 is 0 Å². The van der Waals surface area contributed by atoms with Gasteiger partial charge >= 0.3 is 0 Å². The first-order valence-electron chi connectivity index (χ1n) is 9.23. The fourth-order valence-corrected chi connectivity index (χ4v) is 3.52. The van der Waals surface area contributed by atoms with E-state index in [1.807, 2.05) is 4.90 Å².